The summed E-state index contributed by atoms with van der Waals surface area (Å²) in [5.74, 6) is 1.04. The molecule has 0 saturated heterocycles. The molecule has 0 N–H and O–H groups in total. The first kappa shape index (κ1) is 10.1. The molecule has 0 radical (unpaired) electrons. The third-order valence-electron chi connectivity index (χ3n) is 2.51. The SMILES string of the molecule is CCc1nc(C(C)(C)C)c2cccnn12. The molecule has 3 nitrogen and oxygen atoms in total. The van der Waals surface area contributed by atoms with Crippen LogP contribution in [0.3, 0.4) is 0 Å². The summed E-state index contributed by atoms with van der Waals surface area (Å²) in [5, 5.41) is 4.34. The summed E-state index contributed by atoms with van der Waals surface area (Å²) in [7, 11) is 0. The monoisotopic (exact) mass is 203 g/mol. The molecule has 2 aromatic rings. The highest BCUT2D eigenvalue weighted by Gasteiger charge is 2.22. The highest BCUT2D eigenvalue weighted by atomic mass is 15.3. The van der Waals surface area contributed by atoms with Crippen molar-refractivity contribution < 1.29 is 0 Å². The van der Waals surface area contributed by atoms with Gasteiger partial charge in [0.1, 0.15) is 5.82 Å². The molecule has 0 unspecified atom stereocenters. The van der Waals surface area contributed by atoms with Gasteiger partial charge in [-0.3, -0.25) is 0 Å². The van der Waals surface area contributed by atoms with Gasteiger partial charge in [0.2, 0.25) is 0 Å². The fourth-order valence-electron chi connectivity index (χ4n) is 1.77. The van der Waals surface area contributed by atoms with E-state index < -0.39 is 0 Å². The molecule has 0 amide bonds. The molecular weight excluding hydrogens is 186 g/mol. The quantitative estimate of drug-likeness (QED) is 0.713. The first-order valence-corrected chi connectivity index (χ1v) is 5.37. The van der Waals surface area contributed by atoms with Gasteiger partial charge in [-0.25, -0.2) is 9.50 Å². The molecule has 0 spiro atoms. The van der Waals surface area contributed by atoms with Gasteiger partial charge >= 0.3 is 0 Å². The van der Waals surface area contributed by atoms with Gasteiger partial charge in [0.25, 0.3) is 0 Å². The fraction of sp³-hybridized carbons (Fsp3) is 0.500. The number of aryl methyl sites for hydroxylation is 1. The van der Waals surface area contributed by atoms with E-state index in [0.29, 0.717) is 0 Å². The summed E-state index contributed by atoms with van der Waals surface area (Å²) < 4.78 is 1.95. The lowest BCUT2D eigenvalue weighted by molar-refractivity contribution is 0.576. The molecule has 0 aromatic carbocycles. The zero-order valence-electron chi connectivity index (χ0n) is 9.78. The van der Waals surface area contributed by atoms with Crippen LogP contribution in [0.5, 0.6) is 0 Å². The maximum atomic E-state index is 4.68. The molecule has 2 aromatic heterocycles. The summed E-state index contributed by atoms with van der Waals surface area (Å²) in [6, 6.07) is 4.05. The topological polar surface area (TPSA) is 30.2 Å². The van der Waals surface area contributed by atoms with Crippen molar-refractivity contribution in [2.24, 2.45) is 0 Å². The van der Waals surface area contributed by atoms with E-state index in [-0.39, 0.29) is 5.41 Å². The number of hydrogen-bond acceptors (Lipinski definition) is 2. The van der Waals surface area contributed by atoms with Crippen molar-refractivity contribution >= 4 is 5.52 Å². The third-order valence-corrected chi connectivity index (χ3v) is 2.51. The first-order valence-electron chi connectivity index (χ1n) is 5.37. The predicted octanol–water partition coefficient (Wildman–Crippen LogP) is 2.59. The third kappa shape index (κ3) is 1.62. The number of hydrogen-bond donors (Lipinski definition) is 0. The number of aromatic nitrogens is 3. The molecule has 15 heavy (non-hydrogen) atoms. The Kier molecular flexibility index (Phi) is 2.25. The number of nitrogens with zero attached hydrogens (tertiary/aromatic N) is 3. The van der Waals surface area contributed by atoms with Crippen LogP contribution in [0.2, 0.25) is 0 Å². The minimum atomic E-state index is 0.0711. The fourth-order valence-corrected chi connectivity index (χ4v) is 1.77. The van der Waals surface area contributed by atoms with Gasteiger partial charge in [0.15, 0.2) is 0 Å². The molecule has 0 aliphatic carbocycles. The maximum Gasteiger partial charge on any atom is 0.130 e. The summed E-state index contributed by atoms with van der Waals surface area (Å²) >= 11 is 0. The van der Waals surface area contributed by atoms with Gasteiger partial charge in [-0.2, -0.15) is 5.10 Å². The van der Waals surface area contributed by atoms with E-state index >= 15 is 0 Å². The van der Waals surface area contributed by atoms with Crippen molar-refractivity contribution in [2.75, 3.05) is 0 Å². The second kappa shape index (κ2) is 3.33. The van der Waals surface area contributed by atoms with E-state index in [1.54, 1.807) is 6.20 Å². The second-order valence-corrected chi connectivity index (χ2v) is 4.80. The zero-order valence-corrected chi connectivity index (χ0v) is 9.78. The molecule has 0 saturated carbocycles. The molecule has 2 heterocycles. The van der Waals surface area contributed by atoms with Crippen LogP contribution in [-0.2, 0) is 11.8 Å². The van der Waals surface area contributed by atoms with Crippen LogP contribution in [0.1, 0.15) is 39.2 Å². The van der Waals surface area contributed by atoms with E-state index in [9.17, 15) is 0 Å². The number of imidazole rings is 1. The molecule has 0 aliphatic rings. The van der Waals surface area contributed by atoms with Gasteiger partial charge < -0.3 is 0 Å². The highest BCUT2D eigenvalue weighted by molar-refractivity contribution is 5.54. The predicted molar refractivity (Wildman–Crippen MR) is 61.1 cm³/mol. The van der Waals surface area contributed by atoms with Crippen LogP contribution in [0, 0.1) is 0 Å². The lowest BCUT2D eigenvalue weighted by atomic mass is 9.91. The van der Waals surface area contributed by atoms with Gasteiger partial charge in [0, 0.05) is 18.0 Å². The maximum absolute atomic E-state index is 4.68. The van der Waals surface area contributed by atoms with E-state index in [2.05, 4.69) is 43.8 Å². The van der Waals surface area contributed by atoms with Crippen LogP contribution in [0.25, 0.3) is 5.52 Å². The van der Waals surface area contributed by atoms with Gasteiger partial charge in [-0.05, 0) is 12.1 Å². The summed E-state index contributed by atoms with van der Waals surface area (Å²) in [5.41, 5.74) is 2.33. The Morgan fingerprint density at radius 2 is 2.07 bits per heavy atom. The lowest BCUT2D eigenvalue weighted by Gasteiger charge is -2.15. The average Bonchev–Trinajstić information content (AvgIpc) is 2.55. The zero-order chi connectivity index (χ0) is 11.1. The summed E-state index contributed by atoms with van der Waals surface area (Å²) in [4.78, 5) is 4.68. The van der Waals surface area contributed by atoms with Crippen LogP contribution in [-0.4, -0.2) is 14.6 Å². The van der Waals surface area contributed by atoms with E-state index in [4.69, 9.17) is 0 Å². The molecular formula is C12H17N3. The Morgan fingerprint density at radius 3 is 2.67 bits per heavy atom. The lowest BCUT2D eigenvalue weighted by Crippen LogP contribution is -2.12. The van der Waals surface area contributed by atoms with Crippen molar-refractivity contribution in [1.29, 1.82) is 0 Å². The summed E-state index contributed by atoms with van der Waals surface area (Å²) in [6.07, 6.45) is 2.72. The highest BCUT2D eigenvalue weighted by Crippen LogP contribution is 2.25. The number of fused-ring (bicyclic) bond motifs is 1. The van der Waals surface area contributed by atoms with Crippen molar-refractivity contribution in [1.82, 2.24) is 14.6 Å². The molecule has 80 valence electrons. The minimum Gasteiger partial charge on any atom is -0.235 e. The Morgan fingerprint density at radius 1 is 1.33 bits per heavy atom. The molecule has 0 fully saturated rings. The van der Waals surface area contributed by atoms with Crippen molar-refractivity contribution in [2.45, 2.75) is 39.5 Å². The van der Waals surface area contributed by atoms with Crippen LogP contribution in [0.4, 0.5) is 0 Å². The second-order valence-electron chi connectivity index (χ2n) is 4.80. The molecule has 2 rings (SSSR count). The standard InChI is InChI=1S/C12H17N3/c1-5-10-14-11(12(2,3)4)9-7-6-8-13-15(9)10/h6-8H,5H2,1-4H3. The van der Waals surface area contributed by atoms with Crippen molar-refractivity contribution in [3.63, 3.8) is 0 Å². The van der Waals surface area contributed by atoms with E-state index in [1.165, 1.54) is 0 Å². The van der Waals surface area contributed by atoms with Gasteiger partial charge in [-0.1, -0.05) is 27.7 Å². The van der Waals surface area contributed by atoms with Crippen molar-refractivity contribution in [3.05, 3.63) is 29.8 Å². The van der Waals surface area contributed by atoms with Crippen molar-refractivity contribution in [3.8, 4) is 0 Å². The van der Waals surface area contributed by atoms with Gasteiger partial charge in [-0.15, -0.1) is 0 Å². The molecule has 0 bridgehead atoms. The molecule has 0 aliphatic heterocycles. The summed E-state index contributed by atoms with van der Waals surface area (Å²) in [6.45, 7) is 8.65. The van der Waals surface area contributed by atoms with Crippen LogP contribution >= 0.6 is 0 Å². The number of rotatable bonds is 1. The van der Waals surface area contributed by atoms with E-state index in [0.717, 1.165) is 23.5 Å². The van der Waals surface area contributed by atoms with Gasteiger partial charge in [0.05, 0.1) is 11.2 Å². The van der Waals surface area contributed by atoms with Crippen LogP contribution in [0.15, 0.2) is 18.3 Å². The largest absolute Gasteiger partial charge is 0.235 e. The van der Waals surface area contributed by atoms with Crippen LogP contribution < -0.4 is 0 Å². The van der Waals surface area contributed by atoms with E-state index in [1.807, 2.05) is 10.6 Å². The molecule has 0 atom stereocenters. The molecule has 3 heteroatoms. The first-order chi connectivity index (χ1) is 7.04. The normalized spacial score (nSPS) is 12.3. The minimum absolute atomic E-state index is 0.0711. The Balaban J connectivity index is 2.76. The Bertz CT molecular complexity index is 477. The smallest absolute Gasteiger partial charge is 0.130 e. The Hall–Kier alpha value is -1.38. The Labute approximate surface area is 90.1 Å². The average molecular weight is 203 g/mol.